The molecule has 0 bridgehead atoms. The van der Waals surface area contributed by atoms with E-state index in [2.05, 4.69) is 15.5 Å². The monoisotopic (exact) mass is 471 g/mol. The summed E-state index contributed by atoms with van der Waals surface area (Å²) in [5, 5.41) is 16.9. The summed E-state index contributed by atoms with van der Waals surface area (Å²) in [6.45, 7) is 2.02. The molecule has 0 radical (unpaired) electrons. The molecule has 1 aromatic heterocycles. The molecule has 5 rings (SSSR count). The second kappa shape index (κ2) is 8.36. The third-order valence-corrected chi connectivity index (χ3v) is 6.59. The normalized spacial score (nSPS) is 15.5. The Morgan fingerprint density at radius 2 is 1.65 bits per heavy atom. The van der Waals surface area contributed by atoms with Crippen LogP contribution in [0.25, 0.3) is 11.3 Å². The minimum absolute atomic E-state index is 0.0922. The number of nitrogens with one attached hydrogen (secondary N) is 1. The summed E-state index contributed by atoms with van der Waals surface area (Å²) >= 11 is 0. The number of benzene rings is 3. The number of nitrogens with zero attached hydrogens (tertiary/aromatic N) is 3. The minimum atomic E-state index is -3.94. The van der Waals surface area contributed by atoms with Crippen molar-refractivity contribution in [3.05, 3.63) is 96.1 Å². The zero-order valence-electron chi connectivity index (χ0n) is 18.2. The number of nitrogens with two attached hydrogens (primary N) is 1. The summed E-state index contributed by atoms with van der Waals surface area (Å²) in [6.07, 6.45) is 0. The minimum Gasteiger partial charge on any atom is -0.322 e. The van der Waals surface area contributed by atoms with E-state index in [0.717, 1.165) is 16.7 Å². The predicted molar refractivity (Wildman–Crippen MR) is 130 cm³/mol. The van der Waals surface area contributed by atoms with Crippen LogP contribution in [0, 0.1) is 6.92 Å². The lowest BCUT2D eigenvalue weighted by molar-refractivity contribution is -0.117. The molecule has 0 saturated carbocycles. The van der Waals surface area contributed by atoms with Crippen LogP contribution in [0.1, 0.15) is 17.2 Å². The summed E-state index contributed by atoms with van der Waals surface area (Å²) < 4.78 is 23.7. The molecule has 1 aliphatic rings. The van der Waals surface area contributed by atoms with Gasteiger partial charge in [0.15, 0.2) is 5.82 Å². The molecule has 1 aliphatic heterocycles. The second-order valence-electron chi connectivity index (χ2n) is 8.04. The topological polar surface area (TPSA) is 118 Å². The molecule has 3 N–H and O–H groups in total. The second-order valence-corrected chi connectivity index (χ2v) is 9.60. The van der Waals surface area contributed by atoms with E-state index in [1.165, 1.54) is 12.1 Å². The van der Waals surface area contributed by atoms with Gasteiger partial charge in [0.1, 0.15) is 6.04 Å². The zero-order valence-corrected chi connectivity index (χ0v) is 19.0. The average Bonchev–Trinajstić information content (AvgIpc) is 2.83. The fourth-order valence-corrected chi connectivity index (χ4v) is 4.52. The molecule has 0 spiro atoms. The van der Waals surface area contributed by atoms with Crippen LogP contribution in [-0.2, 0) is 14.8 Å². The van der Waals surface area contributed by atoms with Crippen molar-refractivity contribution in [2.24, 2.45) is 5.14 Å². The number of rotatable bonds is 4. The molecule has 0 aliphatic carbocycles. The molecule has 34 heavy (non-hydrogen) atoms. The van der Waals surface area contributed by atoms with Crippen molar-refractivity contribution in [1.82, 2.24) is 10.2 Å². The third kappa shape index (κ3) is 4.02. The molecule has 170 valence electrons. The average molecular weight is 472 g/mol. The lowest BCUT2D eigenvalue weighted by Gasteiger charge is -2.37. The van der Waals surface area contributed by atoms with E-state index < -0.39 is 16.1 Å². The van der Waals surface area contributed by atoms with Gasteiger partial charge in [-0.3, -0.25) is 4.79 Å². The number of aromatic nitrogens is 2. The van der Waals surface area contributed by atoms with Crippen LogP contribution < -0.4 is 15.4 Å². The highest BCUT2D eigenvalue weighted by molar-refractivity contribution is 7.89. The first-order chi connectivity index (χ1) is 16.3. The number of carbonyl (C=O) groups is 1. The van der Waals surface area contributed by atoms with Crippen molar-refractivity contribution in [3.8, 4) is 11.3 Å². The first-order valence-electron chi connectivity index (χ1n) is 10.5. The quantitative estimate of drug-likeness (QED) is 0.466. The Bertz CT molecular complexity index is 1470. The maximum Gasteiger partial charge on any atom is 0.252 e. The van der Waals surface area contributed by atoms with Crippen molar-refractivity contribution in [3.63, 3.8) is 0 Å². The van der Waals surface area contributed by atoms with E-state index in [-0.39, 0.29) is 10.8 Å². The van der Waals surface area contributed by atoms with Crippen molar-refractivity contribution in [1.29, 1.82) is 0 Å². The molecule has 0 fully saturated rings. The maximum atomic E-state index is 13.2. The van der Waals surface area contributed by atoms with Gasteiger partial charge < -0.3 is 10.2 Å². The van der Waals surface area contributed by atoms with Gasteiger partial charge >= 0.3 is 0 Å². The zero-order chi connectivity index (χ0) is 23.9. The Labute approximate surface area is 197 Å². The molecule has 1 atom stereocenters. The van der Waals surface area contributed by atoms with Gasteiger partial charge in [-0.2, -0.15) is 0 Å². The van der Waals surface area contributed by atoms with Crippen molar-refractivity contribution in [2.75, 3.05) is 10.2 Å². The Morgan fingerprint density at radius 1 is 0.912 bits per heavy atom. The number of anilines is 3. The maximum absolute atomic E-state index is 13.2. The summed E-state index contributed by atoms with van der Waals surface area (Å²) in [5.41, 5.74) is 4.44. The molecular weight excluding hydrogens is 450 g/mol. The van der Waals surface area contributed by atoms with Gasteiger partial charge in [-0.05, 0) is 42.8 Å². The summed E-state index contributed by atoms with van der Waals surface area (Å²) in [6, 6.07) is 24.5. The highest BCUT2D eigenvalue weighted by atomic mass is 32.2. The molecule has 3 aromatic carbocycles. The van der Waals surface area contributed by atoms with Crippen LogP contribution in [-0.4, -0.2) is 24.5 Å². The van der Waals surface area contributed by atoms with Gasteiger partial charge in [-0.15, -0.1) is 10.2 Å². The first-order valence-corrected chi connectivity index (χ1v) is 12.1. The van der Waals surface area contributed by atoms with E-state index in [9.17, 15) is 13.2 Å². The van der Waals surface area contributed by atoms with Crippen molar-refractivity contribution < 1.29 is 13.2 Å². The highest BCUT2D eigenvalue weighted by Crippen LogP contribution is 2.43. The van der Waals surface area contributed by atoms with Gasteiger partial charge in [-0.1, -0.05) is 60.2 Å². The lowest BCUT2D eigenvalue weighted by Crippen LogP contribution is -2.39. The summed E-state index contributed by atoms with van der Waals surface area (Å²) in [5.74, 6) is 0.124. The van der Waals surface area contributed by atoms with Gasteiger partial charge in [0.2, 0.25) is 10.0 Å². The number of hydrogen-bond acceptors (Lipinski definition) is 6. The van der Waals surface area contributed by atoms with Gasteiger partial charge in [0.25, 0.3) is 5.91 Å². The Hall–Kier alpha value is -4.08. The van der Waals surface area contributed by atoms with Gasteiger partial charge in [-0.25, -0.2) is 13.6 Å². The highest BCUT2D eigenvalue weighted by Gasteiger charge is 2.36. The van der Waals surface area contributed by atoms with Crippen molar-refractivity contribution >= 4 is 33.1 Å². The first kappa shape index (κ1) is 21.7. The Kier molecular flexibility index (Phi) is 5.35. The fourth-order valence-electron chi connectivity index (χ4n) is 3.98. The van der Waals surface area contributed by atoms with Crippen LogP contribution in [0.4, 0.5) is 17.2 Å². The smallest absolute Gasteiger partial charge is 0.252 e. The summed E-state index contributed by atoms with van der Waals surface area (Å²) in [7, 11) is -3.94. The Morgan fingerprint density at radius 3 is 2.29 bits per heavy atom. The number of primary sulfonamides is 1. The van der Waals surface area contributed by atoms with Gasteiger partial charge in [0, 0.05) is 5.56 Å². The van der Waals surface area contributed by atoms with E-state index in [4.69, 9.17) is 5.14 Å². The fraction of sp³-hybridized carbons (Fsp3) is 0.0800. The SMILES string of the molecule is Cc1ccc(-c2ccc(N3c4ccc(S(N)(=O)=O)cc4NC(=O)C3c3ccccc3)nn2)cc1. The molecular formula is C25H21N5O3S. The number of hydrogen-bond donors (Lipinski definition) is 2. The molecule has 1 amide bonds. The van der Waals surface area contributed by atoms with Gasteiger partial charge in [0.05, 0.1) is 22.0 Å². The number of sulfonamides is 1. The number of aryl methyl sites for hydroxylation is 1. The van der Waals surface area contributed by atoms with E-state index >= 15 is 0 Å². The molecule has 4 aromatic rings. The van der Waals surface area contributed by atoms with Crippen molar-refractivity contribution in [2.45, 2.75) is 17.9 Å². The lowest BCUT2D eigenvalue weighted by atomic mass is 10.00. The number of amides is 1. The van der Waals surface area contributed by atoms with E-state index in [1.807, 2.05) is 67.6 Å². The third-order valence-electron chi connectivity index (χ3n) is 5.68. The van der Waals surface area contributed by atoms with Crippen LogP contribution in [0.15, 0.2) is 89.8 Å². The number of fused-ring (bicyclic) bond motifs is 1. The largest absolute Gasteiger partial charge is 0.322 e. The standard InChI is InChI=1S/C25H21N5O3S/c1-16-7-9-17(10-8-16)20-12-14-23(29-28-20)30-22-13-11-19(34(26,32)33)15-21(22)27-25(31)24(30)18-5-3-2-4-6-18/h2-15,24H,1H3,(H,27,31)(H2,26,32,33). The molecule has 0 saturated heterocycles. The van der Waals surface area contributed by atoms with Crippen LogP contribution >= 0.6 is 0 Å². The molecule has 2 heterocycles. The predicted octanol–water partition coefficient (Wildman–Crippen LogP) is 3.93. The molecule has 9 heteroatoms. The molecule has 1 unspecified atom stereocenters. The molecule has 8 nitrogen and oxygen atoms in total. The van der Waals surface area contributed by atoms with Crippen LogP contribution in [0.2, 0.25) is 0 Å². The van der Waals surface area contributed by atoms with Crippen LogP contribution in [0.5, 0.6) is 0 Å². The summed E-state index contributed by atoms with van der Waals surface area (Å²) in [4.78, 5) is 14.9. The Balaban J connectivity index is 1.63. The number of carbonyl (C=O) groups excluding carboxylic acids is 1. The van der Waals surface area contributed by atoms with E-state index in [1.54, 1.807) is 17.0 Å². The van der Waals surface area contributed by atoms with E-state index in [0.29, 0.717) is 22.9 Å². The van der Waals surface area contributed by atoms with Crippen LogP contribution in [0.3, 0.4) is 0 Å².